The second-order valence-corrected chi connectivity index (χ2v) is 8.44. The van der Waals surface area contributed by atoms with Gasteiger partial charge in [0.1, 0.15) is 11.5 Å². The largest absolute Gasteiger partial charge is 0.508 e. The van der Waals surface area contributed by atoms with Crippen molar-refractivity contribution in [2.45, 2.75) is 31.3 Å². The van der Waals surface area contributed by atoms with Gasteiger partial charge in [-0.25, -0.2) is 0 Å². The molecule has 0 aliphatic rings. The molecule has 4 heteroatoms. The fourth-order valence-corrected chi connectivity index (χ4v) is 4.35. The molecular weight excluding hydrogens is 408 g/mol. The highest BCUT2D eigenvalue weighted by Gasteiger charge is 2.17. The molecule has 0 aromatic heterocycles. The molecule has 0 heterocycles. The van der Waals surface area contributed by atoms with Gasteiger partial charge in [0.25, 0.3) is 0 Å². The Kier molecular flexibility index (Phi) is 6.78. The minimum atomic E-state index is -0.266. The van der Waals surface area contributed by atoms with Crippen LogP contribution in [0.2, 0.25) is 0 Å². The van der Waals surface area contributed by atoms with Gasteiger partial charge in [0.05, 0.1) is 12.1 Å². The van der Waals surface area contributed by atoms with Crippen molar-refractivity contribution in [3.8, 4) is 11.5 Å². The van der Waals surface area contributed by atoms with E-state index in [1.165, 1.54) is 11.1 Å². The number of hydrogen-bond donors (Lipinski definition) is 4. The zero-order valence-corrected chi connectivity index (χ0v) is 18.7. The average Bonchev–Trinajstić information content (AvgIpc) is 2.85. The highest BCUT2D eigenvalue weighted by atomic mass is 16.3. The van der Waals surface area contributed by atoms with Gasteiger partial charge in [0, 0.05) is 5.92 Å². The summed E-state index contributed by atoms with van der Waals surface area (Å²) in [5.74, 6) is 0.677. The first kappa shape index (κ1) is 22.6. The standard InChI is InChI=1S/C29H30N2O2/c1-2-27(21-5-3-7-23(17-21)28(30)19-9-13-25(32)14-10-19)22-6-4-8-24(18-22)29(31)20-11-15-26(33)16-12-20/h3-18,27-29,32-33H,2,30-31H2,1H3. The first-order chi connectivity index (χ1) is 16.0. The lowest BCUT2D eigenvalue weighted by molar-refractivity contribution is 0.474. The van der Waals surface area contributed by atoms with Crippen molar-refractivity contribution in [2.24, 2.45) is 11.5 Å². The molecule has 0 fully saturated rings. The third-order valence-electron chi connectivity index (χ3n) is 6.26. The summed E-state index contributed by atoms with van der Waals surface area (Å²) in [5, 5.41) is 19.1. The first-order valence-electron chi connectivity index (χ1n) is 11.2. The maximum absolute atomic E-state index is 9.57. The van der Waals surface area contributed by atoms with Crippen LogP contribution < -0.4 is 11.5 Å². The SMILES string of the molecule is CCC(c1cccc(C(N)c2ccc(O)cc2)c1)c1cccc(C(N)c2ccc(O)cc2)c1. The molecule has 4 aromatic carbocycles. The maximum Gasteiger partial charge on any atom is 0.115 e. The van der Waals surface area contributed by atoms with E-state index >= 15 is 0 Å². The quantitative estimate of drug-likeness (QED) is 0.296. The molecule has 4 aromatic rings. The second kappa shape index (κ2) is 9.90. The van der Waals surface area contributed by atoms with Crippen LogP contribution in [0.1, 0.15) is 64.7 Å². The highest BCUT2D eigenvalue weighted by molar-refractivity contribution is 5.42. The summed E-state index contributed by atoms with van der Waals surface area (Å²) in [6, 6.07) is 30.4. The molecule has 0 aliphatic carbocycles. The molecule has 0 amide bonds. The summed E-state index contributed by atoms with van der Waals surface area (Å²) in [6.07, 6.45) is 0.940. The topological polar surface area (TPSA) is 92.5 Å². The van der Waals surface area contributed by atoms with E-state index in [-0.39, 0.29) is 29.5 Å². The van der Waals surface area contributed by atoms with Gasteiger partial charge in [-0.3, -0.25) is 0 Å². The molecule has 0 saturated heterocycles. The lowest BCUT2D eigenvalue weighted by atomic mass is 9.85. The number of benzene rings is 4. The van der Waals surface area contributed by atoms with E-state index in [0.717, 1.165) is 28.7 Å². The third-order valence-corrected chi connectivity index (χ3v) is 6.26. The number of aromatic hydroxyl groups is 2. The van der Waals surface area contributed by atoms with Gasteiger partial charge in [-0.15, -0.1) is 0 Å². The molecule has 168 valence electrons. The van der Waals surface area contributed by atoms with Crippen molar-refractivity contribution >= 4 is 0 Å². The average molecular weight is 439 g/mol. The zero-order valence-electron chi connectivity index (χ0n) is 18.7. The summed E-state index contributed by atoms with van der Waals surface area (Å²) in [7, 11) is 0. The van der Waals surface area contributed by atoms with Crippen LogP contribution in [0.25, 0.3) is 0 Å². The van der Waals surface area contributed by atoms with Gasteiger partial charge in [-0.05, 0) is 64.1 Å². The third kappa shape index (κ3) is 5.08. The minimum Gasteiger partial charge on any atom is -0.508 e. The second-order valence-electron chi connectivity index (χ2n) is 8.44. The molecule has 6 N–H and O–H groups in total. The molecule has 4 rings (SSSR count). The zero-order chi connectivity index (χ0) is 23.4. The highest BCUT2D eigenvalue weighted by Crippen LogP contribution is 2.32. The Morgan fingerprint density at radius 1 is 0.545 bits per heavy atom. The van der Waals surface area contributed by atoms with E-state index in [4.69, 9.17) is 11.5 Å². The summed E-state index contributed by atoms with van der Waals surface area (Å²) >= 11 is 0. The monoisotopic (exact) mass is 438 g/mol. The smallest absolute Gasteiger partial charge is 0.115 e. The van der Waals surface area contributed by atoms with E-state index in [1.807, 2.05) is 36.4 Å². The van der Waals surface area contributed by atoms with Gasteiger partial charge in [-0.2, -0.15) is 0 Å². The van der Waals surface area contributed by atoms with E-state index in [2.05, 4.69) is 43.3 Å². The van der Waals surface area contributed by atoms with Crippen LogP contribution in [-0.4, -0.2) is 10.2 Å². The predicted molar refractivity (Wildman–Crippen MR) is 133 cm³/mol. The molecule has 2 unspecified atom stereocenters. The van der Waals surface area contributed by atoms with E-state index in [9.17, 15) is 10.2 Å². The fourth-order valence-electron chi connectivity index (χ4n) is 4.35. The van der Waals surface area contributed by atoms with Gasteiger partial charge in [0.2, 0.25) is 0 Å². The van der Waals surface area contributed by atoms with Crippen LogP contribution >= 0.6 is 0 Å². The van der Waals surface area contributed by atoms with Crippen LogP contribution in [0.15, 0.2) is 97.1 Å². The molecule has 0 saturated carbocycles. The number of rotatable bonds is 7. The van der Waals surface area contributed by atoms with Crippen molar-refractivity contribution in [1.82, 2.24) is 0 Å². The first-order valence-corrected chi connectivity index (χ1v) is 11.2. The van der Waals surface area contributed by atoms with Crippen molar-refractivity contribution < 1.29 is 10.2 Å². The van der Waals surface area contributed by atoms with Crippen molar-refractivity contribution in [1.29, 1.82) is 0 Å². The van der Waals surface area contributed by atoms with Gasteiger partial charge < -0.3 is 21.7 Å². The summed E-state index contributed by atoms with van der Waals surface area (Å²) < 4.78 is 0. The summed E-state index contributed by atoms with van der Waals surface area (Å²) in [6.45, 7) is 2.18. The van der Waals surface area contributed by atoms with Crippen LogP contribution in [-0.2, 0) is 0 Å². The summed E-state index contributed by atoms with van der Waals surface area (Å²) in [5.41, 5.74) is 19.5. The van der Waals surface area contributed by atoms with Gasteiger partial charge >= 0.3 is 0 Å². The molecule has 0 aliphatic heterocycles. The Bertz CT molecular complexity index is 1110. The van der Waals surface area contributed by atoms with Crippen LogP contribution in [0.5, 0.6) is 11.5 Å². The minimum absolute atomic E-state index is 0.212. The number of phenolic OH excluding ortho intramolecular Hbond substituents is 2. The molecule has 0 radical (unpaired) electrons. The molecule has 2 atom stereocenters. The number of phenols is 2. The lowest BCUT2D eigenvalue weighted by Crippen LogP contribution is -2.13. The Labute approximate surface area is 195 Å². The Morgan fingerprint density at radius 3 is 1.27 bits per heavy atom. The Balaban J connectivity index is 1.62. The Morgan fingerprint density at radius 2 is 0.909 bits per heavy atom. The summed E-state index contributed by atoms with van der Waals surface area (Å²) in [4.78, 5) is 0. The van der Waals surface area contributed by atoms with Gasteiger partial charge in [0.15, 0.2) is 0 Å². The van der Waals surface area contributed by atoms with Crippen LogP contribution in [0.4, 0.5) is 0 Å². The van der Waals surface area contributed by atoms with Crippen molar-refractivity contribution in [3.05, 3.63) is 130 Å². The fraction of sp³-hybridized carbons (Fsp3) is 0.172. The van der Waals surface area contributed by atoms with E-state index < -0.39 is 0 Å². The molecule has 0 bridgehead atoms. The van der Waals surface area contributed by atoms with Crippen LogP contribution in [0, 0.1) is 0 Å². The van der Waals surface area contributed by atoms with Crippen molar-refractivity contribution in [3.63, 3.8) is 0 Å². The maximum atomic E-state index is 9.57. The molecule has 33 heavy (non-hydrogen) atoms. The molecule has 0 spiro atoms. The van der Waals surface area contributed by atoms with Gasteiger partial charge in [-0.1, -0.05) is 79.7 Å². The molecular formula is C29H30N2O2. The predicted octanol–water partition coefficient (Wildman–Crippen LogP) is 5.74. The molecule has 4 nitrogen and oxygen atoms in total. The lowest BCUT2D eigenvalue weighted by Gasteiger charge is -2.21. The van der Waals surface area contributed by atoms with E-state index in [1.54, 1.807) is 24.3 Å². The Hall–Kier alpha value is -3.60. The normalized spacial score (nSPS) is 13.9. The van der Waals surface area contributed by atoms with E-state index in [0.29, 0.717) is 0 Å². The number of nitrogens with two attached hydrogens (primary N) is 2. The van der Waals surface area contributed by atoms with Crippen LogP contribution in [0.3, 0.4) is 0 Å². The van der Waals surface area contributed by atoms with Crippen molar-refractivity contribution in [2.75, 3.05) is 0 Å². The number of hydrogen-bond acceptors (Lipinski definition) is 4.